The lowest BCUT2D eigenvalue weighted by Crippen LogP contribution is -2.52. The van der Waals surface area contributed by atoms with Crippen LogP contribution in [0.25, 0.3) is 11.2 Å². The largest absolute Gasteiger partial charge is 0.756 e. The standard InChI is InChI=1S/C47H76N11O12P/c1-3-4-5-6-7-8-9-10-11-12-13-14-15-16-17-40(60)67-32-37(33-69-71(65,66)68-29-25-48)70-41(61)24-26-51-27-28-52-39(59)23-22-38(46(63)64)55-45(62)34-18-20-36(21-19-34)58(2)31-35-30-53-44-42(54-35)43(49)56-47(50)57-44/h18-21,30,37-38,51H,3-17,22-29,31-33,48H2,1-2H3,(H,52,59)(H,55,62)(H,63,64)(H,65,66)(H4,49,50,53,56,57)/t37-,38+/m1/s1. The van der Waals surface area contributed by atoms with Crippen molar-refractivity contribution < 1.29 is 62.8 Å². The number of nitrogens with two attached hydrogens (primary N) is 2. The van der Waals surface area contributed by atoms with Crippen LogP contribution in [0.4, 0.5) is 17.5 Å². The third-order valence-electron chi connectivity index (χ3n) is 11.1. The van der Waals surface area contributed by atoms with Crippen LogP contribution in [0.5, 0.6) is 0 Å². The first kappa shape index (κ1) is 59.7. The summed E-state index contributed by atoms with van der Waals surface area (Å²) in [5.74, 6) is -3.51. The minimum atomic E-state index is -4.72. The van der Waals surface area contributed by atoms with E-state index in [2.05, 4.69) is 53.1 Å². The number of phosphoric acid groups is 1. The molecule has 3 atom stereocenters. The predicted molar refractivity (Wildman–Crippen MR) is 264 cm³/mol. The van der Waals surface area contributed by atoms with Crippen molar-refractivity contribution in [3.05, 3.63) is 41.7 Å². The summed E-state index contributed by atoms with van der Waals surface area (Å²) in [6.07, 6.45) is 16.5. The van der Waals surface area contributed by atoms with Crippen LogP contribution >= 0.6 is 7.82 Å². The van der Waals surface area contributed by atoms with Gasteiger partial charge in [-0.15, -0.1) is 0 Å². The number of ether oxygens (including phenoxy) is 2. The Bertz CT molecular complexity index is 2140. The highest BCUT2D eigenvalue weighted by atomic mass is 31.2. The van der Waals surface area contributed by atoms with E-state index in [1.807, 2.05) is 11.9 Å². The van der Waals surface area contributed by atoms with Crippen molar-refractivity contribution in [2.45, 2.75) is 141 Å². The fourth-order valence-electron chi connectivity index (χ4n) is 7.20. The Balaban J connectivity index is 1.32. The highest BCUT2D eigenvalue weighted by Gasteiger charge is 2.23. The average molecular weight is 1020 g/mol. The number of carboxylic acids is 1. The van der Waals surface area contributed by atoms with Gasteiger partial charge in [-0.05, 0) is 37.1 Å². The molecule has 0 aliphatic rings. The minimum absolute atomic E-state index is 0.00775. The topological polar surface area (TPSA) is 353 Å². The van der Waals surface area contributed by atoms with Gasteiger partial charge in [0.1, 0.15) is 19.3 Å². The van der Waals surface area contributed by atoms with Gasteiger partial charge in [0.25, 0.3) is 13.7 Å². The Labute approximate surface area is 416 Å². The number of hydrogen-bond donors (Lipinski definition) is 7. The van der Waals surface area contributed by atoms with E-state index in [1.165, 1.54) is 64.2 Å². The maximum Gasteiger partial charge on any atom is 0.326 e. The molecular formula is C47H76N11O12P. The molecule has 0 radical (unpaired) electrons. The van der Waals surface area contributed by atoms with E-state index < -0.39 is 62.9 Å². The zero-order valence-corrected chi connectivity index (χ0v) is 42.3. The van der Waals surface area contributed by atoms with Crippen LogP contribution in [0.1, 0.15) is 139 Å². The monoisotopic (exact) mass is 1020 g/mol. The van der Waals surface area contributed by atoms with Gasteiger partial charge in [-0.2, -0.15) is 9.97 Å². The highest BCUT2D eigenvalue weighted by molar-refractivity contribution is 7.45. The van der Waals surface area contributed by atoms with E-state index in [0.29, 0.717) is 24.2 Å². The number of anilines is 3. The molecule has 71 heavy (non-hydrogen) atoms. The number of nitrogens with one attached hydrogen (secondary N) is 3. The van der Waals surface area contributed by atoms with Gasteiger partial charge in [0.15, 0.2) is 23.1 Å². The number of carboxylic acid groups (broad SMARTS) is 1. The van der Waals surface area contributed by atoms with E-state index in [4.69, 9.17) is 25.5 Å². The summed E-state index contributed by atoms with van der Waals surface area (Å²) in [7, 11) is -2.91. The van der Waals surface area contributed by atoms with Crippen LogP contribution < -0.4 is 42.9 Å². The summed E-state index contributed by atoms with van der Waals surface area (Å²) < 4.78 is 32.4. The molecule has 2 amide bonds. The quantitative estimate of drug-likeness (QED) is 0.0245. The van der Waals surface area contributed by atoms with Crippen molar-refractivity contribution in [2.24, 2.45) is 0 Å². The maximum atomic E-state index is 13.0. The molecule has 0 bridgehead atoms. The van der Waals surface area contributed by atoms with E-state index in [0.717, 1.165) is 24.9 Å². The highest BCUT2D eigenvalue weighted by Crippen LogP contribution is 2.38. The molecule has 24 heteroatoms. The first-order chi connectivity index (χ1) is 34.1. The number of rotatable bonds is 39. The number of unbranched alkanes of at least 4 members (excludes halogenated alkanes) is 13. The molecule has 23 nitrogen and oxygen atoms in total. The maximum absolute atomic E-state index is 13.0. The van der Waals surface area contributed by atoms with Crippen molar-refractivity contribution in [3.8, 4) is 0 Å². The molecule has 2 heterocycles. The number of amides is 2. The smallest absolute Gasteiger partial charge is 0.326 e. The fraction of sp³-hybridized carbons (Fsp3) is 0.638. The van der Waals surface area contributed by atoms with Gasteiger partial charge in [-0.25, -0.2) is 14.8 Å². The van der Waals surface area contributed by atoms with Gasteiger partial charge < -0.3 is 66.6 Å². The van der Waals surface area contributed by atoms with E-state index >= 15 is 0 Å². The molecule has 11 N–H and O–H groups in total. The number of phosphoric ester groups is 1. The second kappa shape index (κ2) is 33.9. The molecule has 0 saturated carbocycles. The Morgan fingerprint density at radius 3 is 2.10 bits per heavy atom. The molecule has 0 aliphatic carbocycles. The van der Waals surface area contributed by atoms with Gasteiger partial charge in [0.2, 0.25) is 11.9 Å². The molecule has 0 spiro atoms. The molecule has 3 rings (SSSR count). The predicted octanol–water partition coefficient (Wildman–Crippen LogP) is 3.35. The summed E-state index contributed by atoms with van der Waals surface area (Å²) in [5.41, 5.74) is 17.2. The Kier molecular flexibility index (Phi) is 28.5. The Morgan fingerprint density at radius 1 is 0.817 bits per heavy atom. The first-order valence-electron chi connectivity index (χ1n) is 24.7. The molecule has 3 aromatic rings. The van der Waals surface area contributed by atoms with Gasteiger partial charge in [-0.3, -0.25) is 23.7 Å². The van der Waals surface area contributed by atoms with Crippen molar-refractivity contribution in [3.63, 3.8) is 0 Å². The molecule has 0 saturated heterocycles. The number of aromatic nitrogens is 4. The lowest BCUT2D eigenvalue weighted by Gasteiger charge is -2.25. The average Bonchev–Trinajstić information content (AvgIpc) is 3.34. The fourth-order valence-corrected chi connectivity index (χ4v) is 7.98. The number of carbonyl (C=O) groups excluding carboxylic acids is 4. The molecular weight excluding hydrogens is 942 g/mol. The van der Waals surface area contributed by atoms with Crippen LogP contribution in [0.3, 0.4) is 0 Å². The molecule has 396 valence electrons. The van der Waals surface area contributed by atoms with Crippen molar-refractivity contribution in [1.29, 1.82) is 0 Å². The summed E-state index contributed by atoms with van der Waals surface area (Å²) in [4.78, 5) is 93.3. The van der Waals surface area contributed by atoms with Gasteiger partial charge >= 0.3 is 17.9 Å². The Morgan fingerprint density at radius 2 is 1.46 bits per heavy atom. The number of nitrogen functional groups attached to an aromatic ring is 2. The SMILES string of the molecule is CCCCCCCCCCCCCCCCC(=O)OC[C@H](COP(=O)([O-])OCC[NH3+])OC(=O)CCNCCNC(=O)CC[C@H](NC(=O)c1ccc(N(C)Cc2cnc3nc(N)nc(N)c3n2)cc1)C(=O)O. The normalized spacial score (nSPS) is 13.0. The van der Waals surface area contributed by atoms with Gasteiger partial charge in [0, 0.05) is 50.8 Å². The van der Waals surface area contributed by atoms with E-state index in [-0.39, 0.29) is 81.4 Å². The summed E-state index contributed by atoms with van der Waals surface area (Å²) in [6.45, 7) is 2.02. The van der Waals surface area contributed by atoms with Crippen molar-refractivity contribution in [1.82, 2.24) is 35.9 Å². The van der Waals surface area contributed by atoms with Crippen LogP contribution in [-0.4, -0.2) is 120 Å². The molecule has 0 aliphatic heterocycles. The number of nitrogens with zero attached hydrogens (tertiary/aromatic N) is 5. The lowest BCUT2D eigenvalue weighted by atomic mass is 10.0. The summed E-state index contributed by atoms with van der Waals surface area (Å²) >= 11 is 0. The van der Waals surface area contributed by atoms with Crippen LogP contribution in [0.2, 0.25) is 0 Å². The number of aliphatic carboxylic acids is 1. The molecule has 1 unspecified atom stereocenters. The van der Waals surface area contributed by atoms with Crippen LogP contribution in [-0.2, 0) is 48.8 Å². The van der Waals surface area contributed by atoms with Crippen molar-refractivity contribution in [2.75, 3.05) is 69.4 Å². The molecule has 1 aromatic carbocycles. The number of benzene rings is 1. The van der Waals surface area contributed by atoms with Crippen molar-refractivity contribution >= 4 is 66.2 Å². The van der Waals surface area contributed by atoms with E-state index in [1.54, 1.807) is 30.5 Å². The van der Waals surface area contributed by atoms with Crippen LogP contribution in [0, 0.1) is 0 Å². The first-order valence-corrected chi connectivity index (χ1v) is 26.2. The number of carbonyl (C=O) groups is 5. The van der Waals surface area contributed by atoms with E-state index in [9.17, 15) is 38.5 Å². The minimum Gasteiger partial charge on any atom is -0.756 e. The zero-order valence-electron chi connectivity index (χ0n) is 41.4. The van der Waals surface area contributed by atoms with Crippen LogP contribution in [0.15, 0.2) is 30.5 Å². The van der Waals surface area contributed by atoms with Gasteiger partial charge in [0.05, 0.1) is 38.0 Å². The number of esters is 2. The second-order valence-electron chi connectivity index (χ2n) is 17.2. The number of quaternary nitrogens is 1. The summed E-state index contributed by atoms with van der Waals surface area (Å²) in [5, 5.41) is 17.8. The molecule has 2 aromatic heterocycles. The van der Waals surface area contributed by atoms with Gasteiger partial charge in [-0.1, -0.05) is 90.4 Å². The number of fused-ring (bicyclic) bond motifs is 1. The third-order valence-corrected chi connectivity index (χ3v) is 12.1. The summed E-state index contributed by atoms with van der Waals surface area (Å²) in [6, 6.07) is 5.12. The zero-order chi connectivity index (χ0) is 51.9. The number of hydrogen-bond acceptors (Lipinski definition) is 19. The second-order valence-corrected chi connectivity index (χ2v) is 18.6. The lowest BCUT2D eigenvalue weighted by molar-refractivity contribution is -0.373. The molecule has 0 fully saturated rings. The Hall–Kier alpha value is -5.58. The third kappa shape index (κ3) is 25.4.